The Morgan fingerprint density at radius 2 is 1.67 bits per heavy atom. The van der Waals surface area contributed by atoms with Gasteiger partial charge in [0.05, 0.1) is 24.1 Å². The second-order valence-corrected chi connectivity index (χ2v) is 11.5. The number of hydrogen-bond donors (Lipinski definition) is 3. The first kappa shape index (κ1) is 33.4. The summed E-state index contributed by atoms with van der Waals surface area (Å²) in [5.41, 5.74) is -9.48. The molecule has 3 N–H and O–H groups in total. The summed E-state index contributed by atoms with van der Waals surface area (Å²) in [5.74, 6) is -1.72. The van der Waals surface area contributed by atoms with Crippen molar-refractivity contribution >= 4 is 17.7 Å². The number of nitrogens with zero attached hydrogens (tertiary/aromatic N) is 2. The fourth-order valence-corrected chi connectivity index (χ4v) is 4.34. The topological polar surface area (TPSA) is 123 Å². The van der Waals surface area contributed by atoms with Crippen molar-refractivity contribution in [3.05, 3.63) is 71.4 Å². The lowest BCUT2D eigenvalue weighted by molar-refractivity contribution is -0.265. The molecule has 1 aromatic carbocycles. The molecule has 45 heavy (non-hydrogen) atoms. The molecule has 0 spiro atoms. The van der Waals surface area contributed by atoms with Crippen molar-refractivity contribution in [2.45, 2.75) is 56.7 Å². The number of hydrogen-bond acceptors (Lipinski definition) is 7. The lowest BCUT2D eigenvalue weighted by atomic mass is 9.81. The van der Waals surface area contributed by atoms with Crippen molar-refractivity contribution in [3.8, 4) is 17.0 Å². The number of carbonyl (C=O) groups is 2. The van der Waals surface area contributed by atoms with Crippen LogP contribution in [-0.4, -0.2) is 52.0 Å². The molecule has 9 nitrogen and oxygen atoms in total. The minimum atomic E-state index is -5.44. The van der Waals surface area contributed by atoms with Gasteiger partial charge in [0.1, 0.15) is 40.6 Å². The molecule has 1 aliphatic heterocycles. The van der Waals surface area contributed by atoms with E-state index in [1.54, 1.807) is 0 Å². The van der Waals surface area contributed by atoms with Crippen molar-refractivity contribution < 1.29 is 54.9 Å². The van der Waals surface area contributed by atoms with Gasteiger partial charge in [-0.15, -0.1) is 0 Å². The molecule has 16 heteroatoms. The SMILES string of the molecule is CC(C)(C)OC(=O)NCC(O)(c1cc2c(c(-c3ccc(F)cc3)n1)OC[C@]2(C)C(=O)Nc1ccc(C(F)(F)F)nc1)C(F)(F)F. The van der Waals surface area contributed by atoms with Crippen LogP contribution in [0.25, 0.3) is 11.3 Å². The maximum Gasteiger partial charge on any atom is 0.433 e. The molecule has 3 heterocycles. The highest BCUT2D eigenvalue weighted by atomic mass is 19.4. The largest absolute Gasteiger partial charge is 0.489 e. The van der Waals surface area contributed by atoms with Crippen LogP contribution in [0.3, 0.4) is 0 Å². The molecule has 4 rings (SSSR count). The number of pyridine rings is 2. The van der Waals surface area contributed by atoms with E-state index in [-0.39, 0.29) is 28.3 Å². The van der Waals surface area contributed by atoms with Gasteiger partial charge in [-0.1, -0.05) is 0 Å². The summed E-state index contributed by atoms with van der Waals surface area (Å²) in [7, 11) is 0. The quantitative estimate of drug-likeness (QED) is 0.287. The number of halogens is 7. The van der Waals surface area contributed by atoms with E-state index in [1.807, 2.05) is 5.32 Å². The van der Waals surface area contributed by atoms with Gasteiger partial charge >= 0.3 is 18.4 Å². The molecule has 0 fully saturated rings. The van der Waals surface area contributed by atoms with E-state index in [1.165, 1.54) is 39.8 Å². The van der Waals surface area contributed by atoms with Gasteiger partial charge in [-0.05, 0) is 70.2 Å². The van der Waals surface area contributed by atoms with E-state index >= 15 is 0 Å². The summed E-state index contributed by atoms with van der Waals surface area (Å²) in [4.78, 5) is 33.0. The van der Waals surface area contributed by atoms with Crippen LogP contribution in [0, 0.1) is 5.82 Å². The highest BCUT2D eigenvalue weighted by Gasteiger charge is 2.58. The smallest absolute Gasteiger partial charge is 0.433 e. The molecule has 1 aliphatic rings. The number of aliphatic hydroxyl groups is 1. The van der Waals surface area contributed by atoms with Gasteiger partial charge in [0.15, 0.2) is 0 Å². The van der Waals surface area contributed by atoms with E-state index in [2.05, 4.69) is 15.3 Å². The number of aromatic nitrogens is 2. The van der Waals surface area contributed by atoms with Crippen molar-refractivity contribution in [3.63, 3.8) is 0 Å². The monoisotopic (exact) mass is 644 g/mol. The van der Waals surface area contributed by atoms with Gasteiger partial charge < -0.3 is 25.2 Å². The third-order valence-corrected chi connectivity index (χ3v) is 6.78. The van der Waals surface area contributed by atoms with E-state index in [4.69, 9.17) is 9.47 Å². The molecule has 242 valence electrons. The number of alkyl carbamates (subject to hydrolysis) is 1. The third-order valence-electron chi connectivity index (χ3n) is 6.78. The normalized spacial score (nSPS) is 18.0. The summed E-state index contributed by atoms with van der Waals surface area (Å²) < 4.78 is 107. The van der Waals surface area contributed by atoms with Crippen LogP contribution < -0.4 is 15.4 Å². The number of ether oxygens (including phenoxy) is 2. The lowest BCUT2D eigenvalue weighted by Gasteiger charge is -2.32. The Kier molecular flexibility index (Phi) is 8.52. The predicted octanol–water partition coefficient (Wildman–Crippen LogP) is 5.86. The van der Waals surface area contributed by atoms with Gasteiger partial charge in [0.2, 0.25) is 11.5 Å². The molecular weight excluding hydrogens is 617 g/mol. The van der Waals surface area contributed by atoms with Crippen molar-refractivity contribution in [1.82, 2.24) is 15.3 Å². The molecule has 0 radical (unpaired) electrons. The van der Waals surface area contributed by atoms with E-state index < -0.39 is 71.3 Å². The van der Waals surface area contributed by atoms with Crippen LogP contribution in [0.5, 0.6) is 5.75 Å². The Morgan fingerprint density at radius 3 is 2.20 bits per heavy atom. The highest BCUT2D eigenvalue weighted by molar-refractivity contribution is 6.00. The van der Waals surface area contributed by atoms with Gasteiger partial charge in [0.25, 0.3) is 0 Å². The van der Waals surface area contributed by atoms with E-state index in [0.29, 0.717) is 6.07 Å². The molecule has 1 unspecified atom stereocenters. The van der Waals surface area contributed by atoms with Crippen LogP contribution in [0.1, 0.15) is 44.6 Å². The number of benzene rings is 1. The van der Waals surface area contributed by atoms with Crippen LogP contribution in [0.15, 0.2) is 48.7 Å². The molecule has 0 saturated carbocycles. The summed E-state index contributed by atoms with van der Waals surface area (Å²) >= 11 is 0. The Balaban J connectivity index is 1.81. The molecule has 0 saturated heterocycles. The maximum atomic E-state index is 14.5. The Bertz CT molecular complexity index is 1590. The third kappa shape index (κ3) is 6.95. The second kappa shape index (κ2) is 11.5. The van der Waals surface area contributed by atoms with Gasteiger partial charge in [0, 0.05) is 11.1 Å². The molecule has 3 aromatic rings. The standard InChI is InChI=1S/C29H27F7N4O5/c1-25(2,3)45-24(42)38-13-27(43,29(34,35)36)20-11-18-22(21(40-20)15-5-7-16(30)8-6-15)44-14-26(18,4)23(41)39-17-9-10-19(37-12-17)28(31,32)33/h5-12,43H,13-14H2,1-4H3,(H,38,42)(H,39,41)/t26-,27?/m0/s1. The Hall–Kier alpha value is -4.47. The van der Waals surface area contributed by atoms with Gasteiger partial charge in [-0.25, -0.2) is 19.2 Å². The minimum Gasteiger partial charge on any atom is -0.489 e. The lowest BCUT2D eigenvalue weighted by Crippen LogP contribution is -2.52. The van der Waals surface area contributed by atoms with E-state index in [9.17, 15) is 45.4 Å². The van der Waals surface area contributed by atoms with E-state index in [0.717, 1.165) is 30.5 Å². The minimum absolute atomic E-state index is 0.0655. The van der Waals surface area contributed by atoms with Crippen LogP contribution in [-0.2, 0) is 26.7 Å². The van der Waals surface area contributed by atoms with Crippen LogP contribution >= 0.6 is 0 Å². The summed E-state index contributed by atoms with van der Waals surface area (Å²) in [6.07, 6.45) is -10.7. The Morgan fingerprint density at radius 1 is 1.02 bits per heavy atom. The fraction of sp³-hybridized carbons (Fsp3) is 0.379. The fourth-order valence-electron chi connectivity index (χ4n) is 4.34. The number of rotatable bonds is 6. The Labute approximate surface area is 251 Å². The number of nitrogens with one attached hydrogen (secondary N) is 2. The molecule has 0 bridgehead atoms. The summed E-state index contributed by atoms with van der Waals surface area (Å²) in [5, 5.41) is 15.4. The molecule has 2 atom stereocenters. The average Bonchev–Trinajstić information content (AvgIpc) is 3.27. The molecule has 0 aliphatic carbocycles. The number of amides is 2. The second-order valence-electron chi connectivity index (χ2n) is 11.5. The molecule has 2 aromatic heterocycles. The van der Waals surface area contributed by atoms with Crippen LogP contribution in [0.2, 0.25) is 0 Å². The predicted molar refractivity (Wildman–Crippen MR) is 145 cm³/mol. The zero-order valence-electron chi connectivity index (χ0n) is 24.2. The summed E-state index contributed by atoms with van der Waals surface area (Å²) in [6, 6.07) is 6.78. The first-order chi connectivity index (χ1) is 20.6. The number of fused-ring (bicyclic) bond motifs is 1. The maximum absolute atomic E-state index is 14.5. The van der Waals surface area contributed by atoms with Crippen molar-refractivity contribution in [2.75, 3.05) is 18.5 Å². The summed E-state index contributed by atoms with van der Waals surface area (Å²) in [6.45, 7) is 3.84. The van der Waals surface area contributed by atoms with Crippen molar-refractivity contribution in [1.29, 1.82) is 0 Å². The number of alkyl halides is 6. The van der Waals surface area contributed by atoms with Gasteiger partial charge in [-0.3, -0.25) is 4.79 Å². The van der Waals surface area contributed by atoms with Gasteiger partial charge in [-0.2, -0.15) is 26.3 Å². The number of carbonyl (C=O) groups excluding carboxylic acids is 2. The zero-order valence-corrected chi connectivity index (χ0v) is 24.2. The first-order valence-corrected chi connectivity index (χ1v) is 13.2. The highest BCUT2D eigenvalue weighted by Crippen LogP contribution is 2.48. The van der Waals surface area contributed by atoms with Crippen molar-refractivity contribution in [2.24, 2.45) is 0 Å². The first-order valence-electron chi connectivity index (χ1n) is 13.2. The van der Waals surface area contributed by atoms with Crippen LogP contribution in [0.4, 0.5) is 41.2 Å². The zero-order chi connectivity index (χ0) is 33.6. The average molecular weight is 645 g/mol. The molecular formula is C29H27F7N4O5. The number of anilines is 1. The molecule has 2 amide bonds.